The Labute approximate surface area is 180 Å². The molecule has 3 aromatic carbocycles. The highest BCUT2D eigenvalue weighted by Gasteiger charge is 2.07. The van der Waals surface area contributed by atoms with Gasteiger partial charge in [-0.15, -0.1) is 0 Å². The highest BCUT2D eigenvalue weighted by molar-refractivity contribution is 9.10. The van der Waals surface area contributed by atoms with Gasteiger partial charge in [0.2, 0.25) is 0 Å². The zero-order valence-electron chi connectivity index (χ0n) is 16.4. The lowest BCUT2D eigenvalue weighted by molar-refractivity contribution is 0.0526. The van der Waals surface area contributed by atoms with Crippen molar-refractivity contribution in [2.45, 2.75) is 20.0 Å². The SMILES string of the molecule is CCOC(=O)c1ccc(CCNc2cc(Br)ccc2OCc2ccccc2)cc1. The highest BCUT2D eigenvalue weighted by Crippen LogP contribution is 2.29. The van der Waals surface area contributed by atoms with E-state index in [0.717, 1.165) is 40.0 Å². The van der Waals surface area contributed by atoms with E-state index in [4.69, 9.17) is 9.47 Å². The van der Waals surface area contributed by atoms with E-state index < -0.39 is 0 Å². The van der Waals surface area contributed by atoms with Crippen LogP contribution in [0.25, 0.3) is 0 Å². The maximum atomic E-state index is 11.7. The van der Waals surface area contributed by atoms with Crippen LogP contribution in [0.1, 0.15) is 28.4 Å². The van der Waals surface area contributed by atoms with E-state index in [0.29, 0.717) is 18.8 Å². The number of nitrogens with one attached hydrogen (secondary N) is 1. The monoisotopic (exact) mass is 453 g/mol. The first-order valence-electron chi connectivity index (χ1n) is 9.62. The highest BCUT2D eigenvalue weighted by atomic mass is 79.9. The Bertz CT molecular complexity index is 927. The third-order valence-electron chi connectivity index (χ3n) is 4.37. The van der Waals surface area contributed by atoms with Gasteiger partial charge in [-0.2, -0.15) is 0 Å². The smallest absolute Gasteiger partial charge is 0.338 e. The van der Waals surface area contributed by atoms with Crippen LogP contribution in [-0.2, 0) is 17.8 Å². The van der Waals surface area contributed by atoms with Gasteiger partial charge in [-0.05, 0) is 54.8 Å². The van der Waals surface area contributed by atoms with Crippen molar-refractivity contribution in [3.05, 3.63) is 94.0 Å². The molecule has 0 atom stereocenters. The molecular weight excluding hydrogens is 430 g/mol. The number of ether oxygens (including phenoxy) is 2. The first-order chi connectivity index (χ1) is 14.2. The molecule has 0 unspecified atom stereocenters. The lowest BCUT2D eigenvalue weighted by atomic mass is 10.1. The van der Waals surface area contributed by atoms with Crippen LogP contribution in [0.2, 0.25) is 0 Å². The van der Waals surface area contributed by atoms with Crippen molar-refractivity contribution in [2.24, 2.45) is 0 Å². The first-order valence-corrected chi connectivity index (χ1v) is 10.4. The maximum Gasteiger partial charge on any atom is 0.338 e. The minimum Gasteiger partial charge on any atom is -0.487 e. The average Bonchev–Trinajstić information content (AvgIpc) is 2.74. The van der Waals surface area contributed by atoms with Gasteiger partial charge in [-0.3, -0.25) is 0 Å². The molecule has 1 N–H and O–H groups in total. The Kier molecular flexibility index (Phi) is 7.70. The number of hydrogen-bond donors (Lipinski definition) is 1. The van der Waals surface area contributed by atoms with Crippen molar-refractivity contribution in [3.63, 3.8) is 0 Å². The van der Waals surface area contributed by atoms with E-state index in [-0.39, 0.29) is 5.97 Å². The lowest BCUT2D eigenvalue weighted by Gasteiger charge is -2.14. The molecule has 0 aliphatic heterocycles. The van der Waals surface area contributed by atoms with E-state index >= 15 is 0 Å². The fraction of sp³-hybridized carbons (Fsp3) is 0.208. The van der Waals surface area contributed by atoms with Gasteiger partial charge in [0.05, 0.1) is 17.9 Å². The van der Waals surface area contributed by atoms with Crippen LogP contribution in [0, 0.1) is 0 Å². The van der Waals surface area contributed by atoms with Crippen LogP contribution in [0.4, 0.5) is 5.69 Å². The summed E-state index contributed by atoms with van der Waals surface area (Å²) >= 11 is 3.52. The third kappa shape index (κ3) is 6.36. The Balaban J connectivity index is 1.57. The molecule has 3 aromatic rings. The summed E-state index contributed by atoms with van der Waals surface area (Å²) in [5.74, 6) is 0.529. The molecule has 0 fully saturated rings. The quantitative estimate of drug-likeness (QED) is 0.412. The van der Waals surface area contributed by atoms with Crippen molar-refractivity contribution >= 4 is 27.6 Å². The molecule has 0 aliphatic rings. The molecule has 3 rings (SSSR count). The maximum absolute atomic E-state index is 11.7. The normalized spacial score (nSPS) is 10.4. The number of hydrogen-bond acceptors (Lipinski definition) is 4. The predicted octanol–water partition coefficient (Wildman–Crippen LogP) is 5.86. The summed E-state index contributed by atoms with van der Waals surface area (Å²) in [4.78, 5) is 11.7. The number of anilines is 1. The molecule has 0 saturated heterocycles. The number of carbonyl (C=O) groups is 1. The van der Waals surface area contributed by atoms with Gasteiger partial charge in [0.25, 0.3) is 0 Å². The molecule has 0 amide bonds. The largest absolute Gasteiger partial charge is 0.487 e. The Morgan fingerprint density at radius 2 is 1.72 bits per heavy atom. The average molecular weight is 454 g/mol. The van der Waals surface area contributed by atoms with Crippen molar-refractivity contribution in [1.82, 2.24) is 0 Å². The molecule has 0 bridgehead atoms. The Morgan fingerprint density at radius 3 is 2.45 bits per heavy atom. The topological polar surface area (TPSA) is 47.6 Å². The van der Waals surface area contributed by atoms with Gasteiger partial charge in [0.1, 0.15) is 12.4 Å². The van der Waals surface area contributed by atoms with Crippen molar-refractivity contribution in [3.8, 4) is 5.75 Å². The number of rotatable bonds is 9. The molecular formula is C24H24BrNO3. The molecule has 4 nitrogen and oxygen atoms in total. The molecule has 29 heavy (non-hydrogen) atoms. The van der Waals surface area contributed by atoms with Gasteiger partial charge in [0, 0.05) is 11.0 Å². The Hall–Kier alpha value is -2.79. The van der Waals surface area contributed by atoms with Crippen LogP contribution in [0.3, 0.4) is 0 Å². The van der Waals surface area contributed by atoms with Crippen molar-refractivity contribution in [1.29, 1.82) is 0 Å². The number of esters is 1. The molecule has 0 spiro atoms. The molecule has 150 valence electrons. The minimum atomic E-state index is -0.286. The zero-order valence-corrected chi connectivity index (χ0v) is 17.9. The van der Waals surface area contributed by atoms with E-state index in [9.17, 15) is 4.79 Å². The van der Waals surface area contributed by atoms with E-state index in [1.54, 1.807) is 19.1 Å². The molecule has 5 heteroatoms. The van der Waals surface area contributed by atoms with Gasteiger partial charge in [-0.25, -0.2) is 4.79 Å². The summed E-state index contributed by atoms with van der Waals surface area (Å²) in [6, 6.07) is 23.6. The standard InChI is InChI=1S/C24H24BrNO3/c1-2-28-24(27)20-10-8-18(9-11-20)14-15-26-22-16-21(25)12-13-23(22)29-17-19-6-4-3-5-7-19/h3-13,16,26H,2,14-15,17H2,1H3. The number of carbonyl (C=O) groups excluding carboxylic acids is 1. The summed E-state index contributed by atoms with van der Waals surface area (Å²) in [7, 11) is 0. The van der Waals surface area contributed by atoms with Crippen LogP contribution in [-0.4, -0.2) is 19.1 Å². The van der Waals surface area contributed by atoms with Crippen LogP contribution < -0.4 is 10.1 Å². The van der Waals surface area contributed by atoms with Crippen molar-refractivity contribution in [2.75, 3.05) is 18.5 Å². The summed E-state index contributed by atoms with van der Waals surface area (Å²) in [6.07, 6.45) is 0.827. The first kappa shape index (κ1) is 20.9. The van der Waals surface area contributed by atoms with Gasteiger partial charge in [0.15, 0.2) is 0 Å². The van der Waals surface area contributed by atoms with Crippen LogP contribution in [0.5, 0.6) is 5.75 Å². The van der Waals surface area contributed by atoms with Gasteiger partial charge < -0.3 is 14.8 Å². The lowest BCUT2D eigenvalue weighted by Crippen LogP contribution is -2.08. The Morgan fingerprint density at radius 1 is 0.966 bits per heavy atom. The second kappa shape index (κ2) is 10.7. The van der Waals surface area contributed by atoms with E-state index in [2.05, 4.69) is 21.2 Å². The summed E-state index contributed by atoms with van der Waals surface area (Å²) in [5.41, 5.74) is 3.79. The van der Waals surface area contributed by atoms with Gasteiger partial charge >= 0.3 is 5.97 Å². The molecule has 0 aromatic heterocycles. The van der Waals surface area contributed by atoms with Gasteiger partial charge in [-0.1, -0.05) is 58.4 Å². The third-order valence-corrected chi connectivity index (χ3v) is 4.87. The van der Waals surface area contributed by atoms with E-state index in [1.807, 2.05) is 60.7 Å². The fourth-order valence-electron chi connectivity index (χ4n) is 2.86. The number of halogens is 1. The zero-order chi connectivity index (χ0) is 20.5. The molecule has 0 radical (unpaired) electrons. The summed E-state index contributed by atoms with van der Waals surface area (Å²) in [5, 5.41) is 3.45. The van der Waals surface area contributed by atoms with Crippen LogP contribution >= 0.6 is 15.9 Å². The fourth-order valence-corrected chi connectivity index (χ4v) is 3.23. The molecule has 0 saturated carbocycles. The second-order valence-electron chi connectivity index (χ2n) is 6.51. The number of benzene rings is 3. The molecule has 0 heterocycles. The second-order valence-corrected chi connectivity index (χ2v) is 7.42. The van der Waals surface area contributed by atoms with Crippen molar-refractivity contribution < 1.29 is 14.3 Å². The summed E-state index contributed by atoms with van der Waals surface area (Å²) in [6.45, 7) is 3.45. The molecule has 0 aliphatic carbocycles. The predicted molar refractivity (Wildman–Crippen MR) is 120 cm³/mol. The minimum absolute atomic E-state index is 0.286. The van der Waals surface area contributed by atoms with E-state index in [1.165, 1.54) is 0 Å². The van der Waals surface area contributed by atoms with Crippen LogP contribution in [0.15, 0.2) is 77.3 Å². The summed E-state index contributed by atoms with van der Waals surface area (Å²) < 4.78 is 12.0.